The first-order valence-electron chi connectivity index (χ1n) is 6.08. The second kappa shape index (κ2) is 5.13. The molecule has 1 atom stereocenters. The van der Waals surface area contributed by atoms with Gasteiger partial charge in [-0.1, -0.05) is 19.8 Å². The number of hydrogen-bond acceptors (Lipinski definition) is 2. The van der Waals surface area contributed by atoms with Crippen LogP contribution in [0.4, 0.5) is 0 Å². The van der Waals surface area contributed by atoms with Crippen LogP contribution in [-0.2, 0) is 0 Å². The average Bonchev–Trinajstić information content (AvgIpc) is 2.95. The van der Waals surface area contributed by atoms with E-state index in [0.29, 0.717) is 6.04 Å². The van der Waals surface area contributed by atoms with Crippen LogP contribution in [0.25, 0.3) is 0 Å². The predicted octanol–water partition coefficient (Wildman–Crippen LogP) is 3.90. The Morgan fingerprint density at radius 3 is 2.87 bits per heavy atom. The van der Waals surface area contributed by atoms with Gasteiger partial charge >= 0.3 is 0 Å². The molecule has 1 unspecified atom stereocenters. The van der Waals surface area contributed by atoms with Crippen LogP contribution >= 0.6 is 11.3 Å². The van der Waals surface area contributed by atoms with Gasteiger partial charge in [-0.3, -0.25) is 0 Å². The third kappa shape index (κ3) is 3.05. The number of thiophene rings is 1. The fraction of sp³-hybridized carbons (Fsp3) is 0.692. The summed E-state index contributed by atoms with van der Waals surface area (Å²) in [5.74, 6) is 0.999. The SMILES string of the molecule is CCCNC(CC1CC1)c1ccsc1C. The minimum atomic E-state index is 0.615. The molecule has 1 N–H and O–H groups in total. The van der Waals surface area contributed by atoms with Gasteiger partial charge in [0.25, 0.3) is 0 Å². The van der Waals surface area contributed by atoms with Crippen LogP contribution < -0.4 is 5.32 Å². The quantitative estimate of drug-likeness (QED) is 0.771. The molecule has 0 bridgehead atoms. The molecular weight excluding hydrogens is 202 g/mol. The van der Waals surface area contributed by atoms with Gasteiger partial charge in [0, 0.05) is 10.9 Å². The standard InChI is InChI=1S/C13H21NS/c1-3-7-14-13(9-11-4-5-11)12-6-8-15-10(12)2/h6,8,11,13-14H,3-5,7,9H2,1-2H3. The molecule has 0 amide bonds. The molecule has 1 fully saturated rings. The Hall–Kier alpha value is -0.340. The zero-order valence-electron chi connectivity index (χ0n) is 9.75. The van der Waals surface area contributed by atoms with Crippen molar-refractivity contribution in [3.8, 4) is 0 Å². The lowest BCUT2D eigenvalue weighted by atomic mass is 10.0. The molecule has 15 heavy (non-hydrogen) atoms. The summed E-state index contributed by atoms with van der Waals surface area (Å²) in [6.07, 6.45) is 5.48. The molecule has 2 rings (SSSR count). The fourth-order valence-corrected chi connectivity index (χ4v) is 2.85. The maximum Gasteiger partial charge on any atom is 0.0333 e. The van der Waals surface area contributed by atoms with Crippen molar-refractivity contribution in [3.05, 3.63) is 21.9 Å². The van der Waals surface area contributed by atoms with Crippen molar-refractivity contribution in [1.29, 1.82) is 0 Å². The molecule has 1 aliphatic carbocycles. The smallest absolute Gasteiger partial charge is 0.0333 e. The molecule has 1 heterocycles. The zero-order valence-corrected chi connectivity index (χ0v) is 10.6. The summed E-state index contributed by atoms with van der Waals surface area (Å²) < 4.78 is 0. The summed E-state index contributed by atoms with van der Waals surface area (Å²) in [4.78, 5) is 1.49. The summed E-state index contributed by atoms with van der Waals surface area (Å²) in [6.45, 7) is 5.63. The van der Waals surface area contributed by atoms with Crippen molar-refractivity contribution in [3.63, 3.8) is 0 Å². The molecule has 1 aromatic rings. The van der Waals surface area contributed by atoms with Gasteiger partial charge in [0.1, 0.15) is 0 Å². The maximum atomic E-state index is 3.69. The van der Waals surface area contributed by atoms with Crippen molar-refractivity contribution in [2.75, 3.05) is 6.54 Å². The number of aryl methyl sites for hydroxylation is 1. The Labute approximate surface area is 96.9 Å². The van der Waals surface area contributed by atoms with Crippen LogP contribution in [-0.4, -0.2) is 6.54 Å². The third-order valence-corrected chi connectivity index (χ3v) is 4.04. The maximum absolute atomic E-state index is 3.69. The molecule has 1 saturated carbocycles. The zero-order chi connectivity index (χ0) is 10.7. The van der Waals surface area contributed by atoms with Gasteiger partial charge in [-0.25, -0.2) is 0 Å². The highest BCUT2D eigenvalue weighted by Gasteiger charge is 2.26. The minimum absolute atomic E-state index is 0.615. The summed E-state index contributed by atoms with van der Waals surface area (Å²) in [5, 5.41) is 5.91. The highest BCUT2D eigenvalue weighted by molar-refractivity contribution is 7.10. The Bertz CT molecular complexity index is 301. The van der Waals surface area contributed by atoms with E-state index in [9.17, 15) is 0 Å². The average molecular weight is 223 g/mol. The number of nitrogens with one attached hydrogen (secondary N) is 1. The van der Waals surface area contributed by atoms with Crippen molar-refractivity contribution in [1.82, 2.24) is 5.32 Å². The topological polar surface area (TPSA) is 12.0 Å². The van der Waals surface area contributed by atoms with E-state index in [4.69, 9.17) is 0 Å². The van der Waals surface area contributed by atoms with Crippen LogP contribution in [0.2, 0.25) is 0 Å². The Kier molecular flexibility index (Phi) is 3.81. The van der Waals surface area contributed by atoms with E-state index in [1.165, 1.54) is 30.6 Å². The second-order valence-electron chi connectivity index (χ2n) is 4.62. The van der Waals surface area contributed by atoms with Gasteiger partial charge in [-0.05, 0) is 49.2 Å². The summed E-state index contributed by atoms with van der Waals surface area (Å²) in [7, 11) is 0. The van der Waals surface area contributed by atoms with E-state index in [1.807, 2.05) is 11.3 Å². The Morgan fingerprint density at radius 2 is 2.33 bits per heavy atom. The molecule has 1 aromatic heterocycles. The van der Waals surface area contributed by atoms with E-state index in [0.717, 1.165) is 12.5 Å². The van der Waals surface area contributed by atoms with Gasteiger partial charge in [0.2, 0.25) is 0 Å². The predicted molar refractivity (Wildman–Crippen MR) is 67.4 cm³/mol. The molecule has 0 aromatic carbocycles. The van der Waals surface area contributed by atoms with Gasteiger partial charge in [-0.2, -0.15) is 0 Å². The molecule has 0 spiro atoms. The van der Waals surface area contributed by atoms with Crippen LogP contribution in [0.5, 0.6) is 0 Å². The molecule has 0 aliphatic heterocycles. The van der Waals surface area contributed by atoms with Crippen LogP contribution in [0, 0.1) is 12.8 Å². The molecular formula is C13H21NS. The third-order valence-electron chi connectivity index (χ3n) is 3.18. The highest BCUT2D eigenvalue weighted by atomic mass is 32.1. The first kappa shape index (κ1) is 11.2. The van der Waals surface area contributed by atoms with Crippen LogP contribution in [0.3, 0.4) is 0 Å². The summed E-state index contributed by atoms with van der Waals surface area (Å²) >= 11 is 1.87. The van der Waals surface area contributed by atoms with E-state index >= 15 is 0 Å². The Balaban J connectivity index is 1.99. The normalized spacial score (nSPS) is 18.0. The molecule has 84 valence electrons. The monoisotopic (exact) mass is 223 g/mol. The van der Waals surface area contributed by atoms with Crippen LogP contribution in [0.15, 0.2) is 11.4 Å². The molecule has 1 aliphatic rings. The van der Waals surface area contributed by atoms with E-state index < -0.39 is 0 Å². The Morgan fingerprint density at radius 1 is 1.53 bits per heavy atom. The number of hydrogen-bond donors (Lipinski definition) is 1. The van der Waals surface area contributed by atoms with Gasteiger partial charge < -0.3 is 5.32 Å². The van der Waals surface area contributed by atoms with E-state index in [-0.39, 0.29) is 0 Å². The first-order chi connectivity index (χ1) is 7.31. The largest absolute Gasteiger partial charge is 0.310 e. The lowest BCUT2D eigenvalue weighted by Gasteiger charge is -2.18. The lowest BCUT2D eigenvalue weighted by molar-refractivity contribution is 0.473. The van der Waals surface area contributed by atoms with E-state index in [1.54, 1.807) is 5.56 Å². The van der Waals surface area contributed by atoms with Gasteiger partial charge in [0.05, 0.1) is 0 Å². The van der Waals surface area contributed by atoms with Gasteiger partial charge in [-0.15, -0.1) is 11.3 Å². The molecule has 0 saturated heterocycles. The molecule has 1 nitrogen and oxygen atoms in total. The van der Waals surface area contributed by atoms with Crippen LogP contribution in [0.1, 0.15) is 49.1 Å². The summed E-state index contributed by atoms with van der Waals surface area (Å²) in [6, 6.07) is 2.92. The van der Waals surface area contributed by atoms with Gasteiger partial charge in [0.15, 0.2) is 0 Å². The molecule has 2 heteroatoms. The van der Waals surface area contributed by atoms with Crippen molar-refractivity contribution in [2.24, 2.45) is 5.92 Å². The highest BCUT2D eigenvalue weighted by Crippen LogP contribution is 2.38. The van der Waals surface area contributed by atoms with Crippen molar-refractivity contribution in [2.45, 2.75) is 45.6 Å². The first-order valence-corrected chi connectivity index (χ1v) is 6.96. The fourth-order valence-electron chi connectivity index (χ4n) is 2.08. The summed E-state index contributed by atoms with van der Waals surface area (Å²) in [5.41, 5.74) is 1.54. The van der Waals surface area contributed by atoms with E-state index in [2.05, 4.69) is 30.6 Å². The number of rotatable bonds is 6. The minimum Gasteiger partial charge on any atom is -0.310 e. The van der Waals surface area contributed by atoms with Crippen molar-refractivity contribution < 1.29 is 0 Å². The second-order valence-corrected chi connectivity index (χ2v) is 5.74. The molecule has 0 radical (unpaired) electrons. The van der Waals surface area contributed by atoms with Crippen molar-refractivity contribution >= 4 is 11.3 Å². The lowest BCUT2D eigenvalue weighted by Crippen LogP contribution is -2.22.